The van der Waals surface area contributed by atoms with E-state index in [0.717, 1.165) is 0 Å². The van der Waals surface area contributed by atoms with Crippen molar-refractivity contribution in [2.45, 2.75) is 0 Å². The van der Waals surface area contributed by atoms with E-state index in [1.54, 1.807) is 48.5 Å². The number of benzene rings is 4. The maximum atomic E-state index is 13.2. The second-order valence-electron chi connectivity index (χ2n) is 7.87. The van der Waals surface area contributed by atoms with Crippen molar-refractivity contribution in [1.29, 1.82) is 0 Å². The number of anilines is 1. The molecule has 0 saturated heterocycles. The Morgan fingerprint density at radius 1 is 0.833 bits per heavy atom. The summed E-state index contributed by atoms with van der Waals surface area (Å²) in [4.78, 5) is 25.9. The molecule has 5 aromatic rings. The molecule has 4 aromatic carbocycles. The van der Waals surface area contributed by atoms with Gasteiger partial charge in [0.2, 0.25) is 11.2 Å². The van der Waals surface area contributed by atoms with Crippen LogP contribution >= 0.6 is 11.6 Å². The first kappa shape index (κ1) is 23.2. The zero-order chi connectivity index (χ0) is 24.9. The minimum absolute atomic E-state index is 0.0577. The van der Waals surface area contributed by atoms with Gasteiger partial charge in [-0.1, -0.05) is 60.1 Å². The van der Waals surface area contributed by atoms with Gasteiger partial charge in [-0.2, -0.15) is 0 Å². The van der Waals surface area contributed by atoms with Crippen LogP contribution in [-0.4, -0.2) is 12.5 Å². The molecular weight excluding hydrogens is 478 g/mol. The number of halogens is 1. The highest BCUT2D eigenvalue weighted by molar-refractivity contribution is 6.31. The SMILES string of the molecule is O=C(COc1c(-c2ccccc2)oc2ccc(Cl)cc2c1=O)Nc1ccc(Oc2ccccc2)cc1. The Hall–Kier alpha value is -4.55. The van der Waals surface area contributed by atoms with Gasteiger partial charge in [0.15, 0.2) is 12.4 Å². The lowest BCUT2D eigenvalue weighted by Crippen LogP contribution is -2.22. The van der Waals surface area contributed by atoms with Gasteiger partial charge in [0, 0.05) is 16.3 Å². The summed E-state index contributed by atoms with van der Waals surface area (Å²) in [7, 11) is 0. The van der Waals surface area contributed by atoms with Crippen molar-refractivity contribution in [3.8, 4) is 28.6 Å². The monoisotopic (exact) mass is 497 g/mol. The zero-order valence-corrected chi connectivity index (χ0v) is 19.7. The molecule has 0 bridgehead atoms. The second-order valence-corrected chi connectivity index (χ2v) is 8.31. The summed E-state index contributed by atoms with van der Waals surface area (Å²) in [5.41, 5.74) is 1.17. The number of ether oxygens (including phenoxy) is 2. The Labute approximate surface area is 211 Å². The summed E-state index contributed by atoms with van der Waals surface area (Å²) >= 11 is 6.08. The highest BCUT2D eigenvalue weighted by Gasteiger charge is 2.19. The maximum Gasteiger partial charge on any atom is 0.262 e. The van der Waals surface area contributed by atoms with Crippen LogP contribution in [0.3, 0.4) is 0 Å². The van der Waals surface area contributed by atoms with Crippen LogP contribution < -0.4 is 20.2 Å². The van der Waals surface area contributed by atoms with E-state index in [9.17, 15) is 9.59 Å². The standard InChI is InChI=1S/C29H20ClNO5/c30-20-11-16-25-24(17-20)27(33)29(28(36-25)19-7-3-1-4-8-19)34-18-26(32)31-21-12-14-23(15-13-21)35-22-9-5-2-6-10-22/h1-17H,18H2,(H,31,32). The van der Waals surface area contributed by atoms with E-state index in [0.29, 0.717) is 33.4 Å². The molecule has 1 amide bonds. The number of fused-ring (bicyclic) bond motifs is 1. The fraction of sp³-hybridized carbons (Fsp3) is 0.0345. The average molecular weight is 498 g/mol. The van der Waals surface area contributed by atoms with Crippen molar-refractivity contribution < 1.29 is 18.7 Å². The number of para-hydroxylation sites is 1. The Morgan fingerprint density at radius 2 is 1.50 bits per heavy atom. The van der Waals surface area contributed by atoms with E-state index in [1.807, 2.05) is 48.5 Å². The molecule has 0 aliphatic carbocycles. The first-order valence-electron chi connectivity index (χ1n) is 11.1. The van der Waals surface area contributed by atoms with E-state index < -0.39 is 11.3 Å². The number of nitrogens with one attached hydrogen (secondary N) is 1. The van der Waals surface area contributed by atoms with Gasteiger partial charge >= 0.3 is 0 Å². The van der Waals surface area contributed by atoms with Gasteiger partial charge in [-0.3, -0.25) is 9.59 Å². The third-order valence-corrected chi connectivity index (χ3v) is 5.55. The molecule has 0 saturated carbocycles. The van der Waals surface area contributed by atoms with Crippen LogP contribution in [-0.2, 0) is 4.79 Å². The van der Waals surface area contributed by atoms with Gasteiger partial charge < -0.3 is 19.2 Å². The minimum atomic E-state index is -0.434. The largest absolute Gasteiger partial charge is 0.476 e. The van der Waals surface area contributed by atoms with Gasteiger partial charge in [-0.25, -0.2) is 0 Å². The molecule has 0 aliphatic heterocycles. The number of hydrogen-bond donors (Lipinski definition) is 1. The van der Waals surface area contributed by atoms with Crippen molar-refractivity contribution in [1.82, 2.24) is 0 Å². The van der Waals surface area contributed by atoms with E-state index >= 15 is 0 Å². The quantitative estimate of drug-likeness (QED) is 0.264. The van der Waals surface area contributed by atoms with E-state index in [1.165, 1.54) is 6.07 Å². The van der Waals surface area contributed by atoms with Crippen LogP contribution in [0.2, 0.25) is 5.02 Å². The average Bonchev–Trinajstić information content (AvgIpc) is 2.90. The highest BCUT2D eigenvalue weighted by atomic mass is 35.5. The third-order valence-electron chi connectivity index (χ3n) is 5.31. The highest BCUT2D eigenvalue weighted by Crippen LogP contribution is 2.31. The van der Waals surface area contributed by atoms with Crippen molar-refractivity contribution in [3.05, 3.63) is 118 Å². The lowest BCUT2D eigenvalue weighted by atomic mass is 10.1. The Morgan fingerprint density at radius 3 is 2.22 bits per heavy atom. The fourth-order valence-corrected chi connectivity index (χ4v) is 3.80. The van der Waals surface area contributed by atoms with Gasteiger partial charge in [-0.15, -0.1) is 0 Å². The molecule has 1 heterocycles. The molecule has 0 spiro atoms. The number of hydrogen-bond acceptors (Lipinski definition) is 5. The van der Waals surface area contributed by atoms with Crippen LogP contribution in [0.5, 0.6) is 17.2 Å². The molecule has 0 atom stereocenters. The predicted octanol–water partition coefficient (Wildman–Crippen LogP) is 6.92. The van der Waals surface area contributed by atoms with E-state index in [-0.39, 0.29) is 23.5 Å². The lowest BCUT2D eigenvalue weighted by molar-refractivity contribution is -0.118. The molecule has 6 nitrogen and oxygen atoms in total. The molecule has 1 aromatic heterocycles. The molecule has 178 valence electrons. The van der Waals surface area contributed by atoms with E-state index in [4.69, 9.17) is 25.5 Å². The molecule has 0 fully saturated rings. The van der Waals surface area contributed by atoms with Crippen LogP contribution in [0.4, 0.5) is 5.69 Å². The number of amides is 1. The Kier molecular flexibility index (Phi) is 6.69. The number of carbonyl (C=O) groups excluding carboxylic acids is 1. The number of rotatable bonds is 7. The van der Waals surface area contributed by atoms with Crippen molar-refractivity contribution in [3.63, 3.8) is 0 Å². The molecule has 0 aliphatic rings. The second kappa shape index (κ2) is 10.4. The molecular formula is C29H20ClNO5. The van der Waals surface area contributed by atoms with E-state index in [2.05, 4.69) is 5.32 Å². The smallest absolute Gasteiger partial charge is 0.262 e. The molecule has 5 rings (SSSR count). The lowest BCUT2D eigenvalue weighted by Gasteiger charge is -2.12. The van der Waals surface area contributed by atoms with Gasteiger partial charge in [-0.05, 0) is 54.6 Å². The molecule has 0 radical (unpaired) electrons. The van der Waals surface area contributed by atoms with Gasteiger partial charge in [0.1, 0.15) is 17.1 Å². The fourth-order valence-electron chi connectivity index (χ4n) is 3.63. The maximum absolute atomic E-state index is 13.2. The first-order valence-corrected chi connectivity index (χ1v) is 11.5. The van der Waals surface area contributed by atoms with Crippen LogP contribution in [0.15, 0.2) is 112 Å². The Bertz CT molecular complexity index is 1570. The summed E-state index contributed by atoms with van der Waals surface area (Å²) in [5, 5.41) is 3.42. The topological polar surface area (TPSA) is 77.8 Å². The first-order chi connectivity index (χ1) is 17.6. The summed E-state index contributed by atoms with van der Waals surface area (Å²) in [6.07, 6.45) is 0. The van der Waals surface area contributed by atoms with Crippen LogP contribution in [0.25, 0.3) is 22.3 Å². The van der Waals surface area contributed by atoms with Gasteiger partial charge in [0.05, 0.1) is 5.39 Å². The summed E-state index contributed by atoms with van der Waals surface area (Å²) < 4.78 is 17.5. The van der Waals surface area contributed by atoms with Crippen LogP contribution in [0, 0.1) is 0 Å². The zero-order valence-electron chi connectivity index (χ0n) is 18.9. The molecule has 1 N–H and O–H groups in total. The molecule has 0 unspecified atom stereocenters. The normalized spacial score (nSPS) is 10.7. The van der Waals surface area contributed by atoms with Crippen molar-refractivity contribution in [2.75, 3.05) is 11.9 Å². The molecule has 7 heteroatoms. The van der Waals surface area contributed by atoms with Crippen LogP contribution in [0.1, 0.15) is 0 Å². The summed E-state index contributed by atoms with van der Waals surface area (Å²) in [6.45, 7) is -0.390. The summed E-state index contributed by atoms with van der Waals surface area (Å²) in [5.74, 6) is 1.10. The van der Waals surface area contributed by atoms with Crippen molar-refractivity contribution in [2.24, 2.45) is 0 Å². The van der Waals surface area contributed by atoms with Crippen molar-refractivity contribution >= 4 is 34.2 Å². The molecule has 36 heavy (non-hydrogen) atoms. The Balaban J connectivity index is 1.33. The van der Waals surface area contributed by atoms with Gasteiger partial charge in [0.25, 0.3) is 5.91 Å². The third kappa shape index (κ3) is 5.24. The predicted molar refractivity (Wildman–Crippen MR) is 140 cm³/mol. The minimum Gasteiger partial charge on any atom is -0.476 e. The summed E-state index contributed by atoms with van der Waals surface area (Å²) in [6, 6.07) is 30.2. The number of carbonyl (C=O) groups is 1.